The molecule has 3 heterocycles. The topological polar surface area (TPSA) is 60.2 Å². The molecular formula is C23H26N4O2. The molecule has 3 aromatic rings. The van der Waals surface area contributed by atoms with Gasteiger partial charge in [-0.2, -0.15) is 5.10 Å². The van der Waals surface area contributed by atoms with E-state index < -0.39 is 0 Å². The number of esters is 1. The Morgan fingerprint density at radius 1 is 1.17 bits per heavy atom. The molecule has 0 amide bonds. The smallest absolute Gasteiger partial charge is 0.338 e. The van der Waals surface area contributed by atoms with Crippen LogP contribution in [0.5, 0.6) is 0 Å². The highest BCUT2D eigenvalue weighted by Crippen LogP contribution is 2.33. The standard InChI is InChI=1S/C23H26N4O2/c1-16-14-26(2)15-22(16)27-21(20(13-25-27)17-7-5-4-6-8-17)11-18-12-24-10-9-19(18)23(28)29-3/h4-10,12-13,16,22H,11,14-15H2,1-3H3/t16-,22-/m1/s1. The number of hydrogen-bond acceptors (Lipinski definition) is 5. The van der Waals surface area contributed by atoms with E-state index in [0.717, 1.165) is 35.5 Å². The lowest BCUT2D eigenvalue weighted by molar-refractivity contribution is 0.0599. The molecule has 0 spiro atoms. The summed E-state index contributed by atoms with van der Waals surface area (Å²) in [4.78, 5) is 18.9. The second kappa shape index (κ2) is 8.17. The lowest BCUT2D eigenvalue weighted by Gasteiger charge is -2.20. The Morgan fingerprint density at radius 2 is 1.97 bits per heavy atom. The van der Waals surface area contributed by atoms with Gasteiger partial charge in [0.2, 0.25) is 0 Å². The molecule has 6 nitrogen and oxygen atoms in total. The number of hydrogen-bond donors (Lipinski definition) is 0. The summed E-state index contributed by atoms with van der Waals surface area (Å²) in [5.74, 6) is 0.153. The van der Waals surface area contributed by atoms with Crippen molar-refractivity contribution in [3.05, 3.63) is 71.8 Å². The van der Waals surface area contributed by atoms with Crippen molar-refractivity contribution in [2.75, 3.05) is 27.2 Å². The number of pyridine rings is 1. The van der Waals surface area contributed by atoms with Crippen molar-refractivity contribution < 1.29 is 9.53 Å². The third kappa shape index (κ3) is 3.80. The minimum Gasteiger partial charge on any atom is -0.465 e. The summed E-state index contributed by atoms with van der Waals surface area (Å²) >= 11 is 0. The molecule has 0 saturated carbocycles. The normalized spacial score (nSPS) is 19.4. The molecule has 0 radical (unpaired) electrons. The van der Waals surface area contributed by atoms with E-state index in [2.05, 4.69) is 40.7 Å². The maximum Gasteiger partial charge on any atom is 0.338 e. The Bertz CT molecular complexity index is 999. The quantitative estimate of drug-likeness (QED) is 0.625. The van der Waals surface area contributed by atoms with Gasteiger partial charge in [0.1, 0.15) is 0 Å². The SMILES string of the molecule is COC(=O)c1ccncc1Cc1c(-c2ccccc2)cnn1[C@@H]1CN(C)C[C@H]1C. The second-order valence-corrected chi connectivity index (χ2v) is 7.78. The number of carbonyl (C=O) groups is 1. The molecule has 0 bridgehead atoms. The molecule has 1 aliphatic rings. The fourth-order valence-corrected chi connectivity index (χ4v) is 4.27. The number of nitrogens with zero attached hydrogens (tertiary/aromatic N) is 4. The summed E-state index contributed by atoms with van der Waals surface area (Å²) in [5.41, 5.74) is 4.70. The van der Waals surface area contributed by atoms with Gasteiger partial charge in [0.25, 0.3) is 0 Å². The molecule has 6 heteroatoms. The first-order valence-electron chi connectivity index (χ1n) is 9.90. The number of ether oxygens (including phenoxy) is 1. The lowest BCUT2D eigenvalue weighted by atomic mass is 9.98. The molecule has 1 aliphatic heterocycles. The Hall–Kier alpha value is -2.99. The zero-order valence-corrected chi connectivity index (χ0v) is 17.1. The predicted octanol–water partition coefficient (Wildman–Crippen LogP) is 3.45. The van der Waals surface area contributed by atoms with E-state index >= 15 is 0 Å². The van der Waals surface area contributed by atoms with Gasteiger partial charge in [-0.1, -0.05) is 37.3 Å². The first-order chi connectivity index (χ1) is 14.1. The summed E-state index contributed by atoms with van der Waals surface area (Å²) < 4.78 is 7.13. The highest BCUT2D eigenvalue weighted by atomic mass is 16.5. The number of likely N-dealkylation sites (tertiary alicyclic amines) is 1. The van der Waals surface area contributed by atoms with Crippen molar-refractivity contribution in [3.63, 3.8) is 0 Å². The maximum atomic E-state index is 12.3. The average molecular weight is 390 g/mol. The van der Waals surface area contributed by atoms with Crippen LogP contribution in [0, 0.1) is 5.92 Å². The fraction of sp³-hybridized carbons (Fsp3) is 0.348. The van der Waals surface area contributed by atoms with Gasteiger partial charge in [-0.05, 0) is 30.2 Å². The van der Waals surface area contributed by atoms with E-state index in [1.165, 1.54) is 7.11 Å². The van der Waals surface area contributed by atoms with Crippen molar-refractivity contribution >= 4 is 5.97 Å². The molecule has 2 atom stereocenters. The highest BCUT2D eigenvalue weighted by molar-refractivity contribution is 5.91. The van der Waals surface area contributed by atoms with Crippen LogP contribution in [0.4, 0.5) is 0 Å². The van der Waals surface area contributed by atoms with Crippen molar-refractivity contribution in [2.24, 2.45) is 5.92 Å². The third-order valence-corrected chi connectivity index (χ3v) is 5.72. The lowest BCUT2D eigenvalue weighted by Crippen LogP contribution is -2.21. The van der Waals surface area contributed by atoms with Crippen LogP contribution in [0.3, 0.4) is 0 Å². The first kappa shape index (κ1) is 19.3. The molecule has 150 valence electrons. The third-order valence-electron chi connectivity index (χ3n) is 5.72. The largest absolute Gasteiger partial charge is 0.465 e. The maximum absolute atomic E-state index is 12.3. The van der Waals surface area contributed by atoms with Crippen LogP contribution in [0.15, 0.2) is 55.0 Å². The Kier molecular flexibility index (Phi) is 5.45. The molecule has 1 saturated heterocycles. The monoisotopic (exact) mass is 390 g/mol. The van der Waals surface area contributed by atoms with E-state index in [1.807, 2.05) is 24.4 Å². The molecule has 29 heavy (non-hydrogen) atoms. The average Bonchev–Trinajstić information content (AvgIpc) is 3.30. The van der Waals surface area contributed by atoms with Crippen molar-refractivity contribution in [3.8, 4) is 11.1 Å². The van der Waals surface area contributed by atoms with Crippen LogP contribution >= 0.6 is 0 Å². The summed E-state index contributed by atoms with van der Waals surface area (Å²) in [6.07, 6.45) is 5.89. The summed E-state index contributed by atoms with van der Waals surface area (Å²) in [6.45, 7) is 4.28. The van der Waals surface area contributed by atoms with Gasteiger partial charge in [0, 0.05) is 37.5 Å². The molecule has 4 rings (SSSR count). The molecule has 0 aliphatic carbocycles. The summed E-state index contributed by atoms with van der Waals surface area (Å²) in [5, 5.41) is 4.80. The van der Waals surface area contributed by atoms with Gasteiger partial charge in [-0.25, -0.2) is 4.79 Å². The number of likely N-dealkylation sites (N-methyl/N-ethyl adjacent to an activating group) is 1. The Labute approximate surface area is 171 Å². The van der Waals surface area contributed by atoms with Crippen molar-refractivity contribution in [1.82, 2.24) is 19.7 Å². The van der Waals surface area contributed by atoms with Gasteiger partial charge >= 0.3 is 5.97 Å². The predicted molar refractivity (Wildman–Crippen MR) is 112 cm³/mol. The van der Waals surface area contributed by atoms with Gasteiger partial charge in [0.15, 0.2) is 0 Å². The summed E-state index contributed by atoms with van der Waals surface area (Å²) in [6, 6.07) is 12.3. The van der Waals surface area contributed by atoms with E-state index in [-0.39, 0.29) is 5.97 Å². The minimum absolute atomic E-state index is 0.297. The molecule has 2 aromatic heterocycles. The van der Waals surface area contributed by atoms with E-state index in [9.17, 15) is 4.79 Å². The zero-order chi connectivity index (χ0) is 20.4. The van der Waals surface area contributed by atoms with E-state index in [0.29, 0.717) is 23.9 Å². The van der Waals surface area contributed by atoms with Crippen LogP contribution in [-0.4, -0.2) is 52.9 Å². The van der Waals surface area contributed by atoms with Crippen molar-refractivity contribution in [1.29, 1.82) is 0 Å². The van der Waals surface area contributed by atoms with Crippen LogP contribution < -0.4 is 0 Å². The minimum atomic E-state index is -0.344. The van der Waals surface area contributed by atoms with Crippen LogP contribution in [0.1, 0.15) is 34.6 Å². The fourth-order valence-electron chi connectivity index (χ4n) is 4.27. The number of methoxy groups -OCH3 is 1. The van der Waals surface area contributed by atoms with Gasteiger partial charge < -0.3 is 9.64 Å². The molecule has 0 unspecified atom stereocenters. The van der Waals surface area contributed by atoms with Crippen LogP contribution in [0.25, 0.3) is 11.1 Å². The number of rotatable bonds is 5. The number of aromatic nitrogens is 3. The van der Waals surface area contributed by atoms with E-state index in [1.54, 1.807) is 18.5 Å². The van der Waals surface area contributed by atoms with Crippen molar-refractivity contribution in [2.45, 2.75) is 19.4 Å². The summed E-state index contributed by atoms with van der Waals surface area (Å²) in [7, 11) is 3.55. The molecule has 0 N–H and O–H groups in total. The molecule has 1 fully saturated rings. The number of benzene rings is 1. The van der Waals surface area contributed by atoms with Crippen LogP contribution in [0.2, 0.25) is 0 Å². The van der Waals surface area contributed by atoms with Gasteiger partial charge in [-0.15, -0.1) is 0 Å². The molecule has 1 aromatic carbocycles. The van der Waals surface area contributed by atoms with Gasteiger partial charge in [0.05, 0.1) is 30.6 Å². The van der Waals surface area contributed by atoms with Gasteiger partial charge in [-0.3, -0.25) is 9.67 Å². The van der Waals surface area contributed by atoms with E-state index in [4.69, 9.17) is 9.84 Å². The highest BCUT2D eigenvalue weighted by Gasteiger charge is 2.32. The number of carbonyl (C=O) groups excluding carboxylic acids is 1. The second-order valence-electron chi connectivity index (χ2n) is 7.78. The zero-order valence-electron chi connectivity index (χ0n) is 17.1. The van der Waals surface area contributed by atoms with Crippen LogP contribution in [-0.2, 0) is 11.2 Å². The molecular weight excluding hydrogens is 364 g/mol. The Morgan fingerprint density at radius 3 is 2.66 bits per heavy atom. The first-order valence-corrected chi connectivity index (χ1v) is 9.90. The Balaban J connectivity index is 1.81.